The topological polar surface area (TPSA) is 54.5 Å². The van der Waals surface area contributed by atoms with E-state index in [9.17, 15) is 14.4 Å². The Bertz CT molecular complexity index is 946. The minimum absolute atomic E-state index is 0.0363. The summed E-state index contributed by atoms with van der Waals surface area (Å²) in [6, 6.07) is 18.3. The van der Waals surface area contributed by atoms with Crippen LogP contribution in [0.4, 0.5) is 0 Å². The zero-order chi connectivity index (χ0) is 19.5. The third-order valence-corrected chi connectivity index (χ3v) is 5.47. The van der Waals surface area contributed by atoms with E-state index in [1.807, 2.05) is 60.7 Å². The summed E-state index contributed by atoms with van der Waals surface area (Å²) in [4.78, 5) is 40.2. The second kappa shape index (κ2) is 7.77. The van der Waals surface area contributed by atoms with Gasteiger partial charge in [-0.1, -0.05) is 60.7 Å². The highest BCUT2D eigenvalue weighted by molar-refractivity contribution is 6.08. The van der Waals surface area contributed by atoms with Crippen molar-refractivity contribution in [1.82, 2.24) is 4.90 Å². The number of ketones is 2. The Morgan fingerprint density at radius 3 is 2.25 bits per heavy atom. The Balaban J connectivity index is 1.74. The van der Waals surface area contributed by atoms with Crippen LogP contribution in [0.2, 0.25) is 0 Å². The van der Waals surface area contributed by atoms with Gasteiger partial charge in [-0.25, -0.2) is 0 Å². The average Bonchev–Trinajstić information content (AvgIpc) is 2.75. The lowest BCUT2D eigenvalue weighted by molar-refractivity contribution is -0.131. The second-order valence-corrected chi connectivity index (χ2v) is 7.21. The molecule has 0 aliphatic heterocycles. The van der Waals surface area contributed by atoms with Crippen molar-refractivity contribution < 1.29 is 14.4 Å². The summed E-state index contributed by atoms with van der Waals surface area (Å²) in [5, 5.41) is 0. The number of hydrogen-bond donors (Lipinski definition) is 0. The molecule has 0 N–H and O–H groups in total. The van der Waals surface area contributed by atoms with Gasteiger partial charge in [0.05, 0.1) is 12.0 Å². The van der Waals surface area contributed by atoms with Crippen molar-refractivity contribution in [1.29, 1.82) is 0 Å². The van der Waals surface area contributed by atoms with E-state index < -0.39 is 17.9 Å². The second-order valence-electron chi connectivity index (χ2n) is 7.21. The zero-order valence-electron chi connectivity index (χ0n) is 15.4. The van der Waals surface area contributed by atoms with Gasteiger partial charge in [-0.2, -0.15) is 0 Å². The maximum absolute atomic E-state index is 13.4. The maximum atomic E-state index is 13.4. The van der Waals surface area contributed by atoms with E-state index in [1.165, 1.54) is 12.2 Å². The van der Waals surface area contributed by atoms with Gasteiger partial charge in [0.2, 0.25) is 0 Å². The van der Waals surface area contributed by atoms with Gasteiger partial charge in [0.1, 0.15) is 0 Å². The molecule has 2 aromatic rings. The van der Waals surface area contributed by atoms with Crippen molar-refractivity contribution in [3.05, 3.63) is 96.1 Å². The first-order chi connectivity index (χ1) is 13.6. The molecule has 4 rings (SSSR count). The minimum Gasteiger partial charge on any atom is -0.327 e. The van der Waals surface area contributed by atoms with Crippen LogP contribution >= 0.6 is 0 Å². The number of amides is 1. The molecular weight excluding hydrogens is 350 g/mol. The van der Waals surface area contributed by atoms with Gasteiger partial charge in [-0.15, -0.1) is 0 Å². The summed E-state index contributed by atoms with van der Waals surface area (Å²) in [5.41, 5.74) is 1.55. The number of nitrogens with zero attached hydrogens (tertiary/aromatic N) is 1. The largest absolute Gasteiger partial charge is 0.327 e. The van der Waals surface area contributed by atoms with Gasteiger partial charge < -0.3 is 4.90 Å². The lowest BCUT2D eigenvalue weighted by atomic mass is 9.71. The van der Waals surface area contributed by atoms with Crippen molar-refractivity contribution >= 4 is 17.5 Å². The summed E-state index contributed by atoms with van der Waals surface area (Å²) in [6.45, 7) is 0.373. The predicted molar refractivity (Wildman–Crippen MR) is 106 cm³/mol. The Hall–Kier alpha value is -3.27. The molecule has 0 radical (unpaired) electrons. The monoisotopic (exact) mass is 371 g/mol. The average molecular weight is 371 g/mol. The number of benzene rings is 2. The molecule has 1 amide bonds. The lowest BCUT2D eigenvalue weighted by Gasteiger charge is -2.40. The van der Waals surface area contributed by atoms with Crippen LogP contribution in [0.1, 0.15) is 22.3 Å². The first kappa shape index (κ1) is 18.1. The van der Waals surface area contributed by atoms with Gasteiger partial charge in [0.25, 0.3) is 5.91 Å². The minimum atomic E-state index is -0.529. The summed E-state index contributed by atoms with van der Waals surface area (Å²) in [6.07, 6.45) is 7.11. The molecule has 0 saturated carbocycles. The van der Waals surface area contributed by atoms with Gasteiger partial charge in [-0.3, -0.25) is 14.4 Å². The van der Waals surface area contributed by atoms with E-state index >= 15 is 0 Å². The predicted octanol–water partition coefficient (Wildman–Crippen LogP) is 3.60. The molecule has 0 heterocycles. The van der Waals surface area contributed by atoms with Crippen molar-refractivity contribution in [2.24, 2.45) is 11.8 Å². The number of carbonyl (C=O) groups is 3. The Morgan fingerprint density at radius 1 is 0.893 bits per heavy atom. The van der Waals surface area contributed by atoms with E-state index in [2.05, 4.69) is 0 Å². The third-order valence-electron chi connectivity index (χ3n) is 5.47. The summed E-state index contributed by atoms with van der Waals surface area (Å²) in [5.74, 6) is -1.19. The number of fused-ring (bicyclic) bond motifs is 1. The fourth-order valence-corrected chi connectivity index (χ4v) is 4.06. The molecule has 2 aliphatic carbocycles. The van der Waals surface area contributed by atoms with Gasteiger partial charge in [-0.05, 0) is 36.3 Å². The van der Waals surface area contributed by atoms with Crippen LogP contribution in [0.5, 0.6) is 0 Å². The Morgan fingerprint density at radius 2 is 1.54 bits per heavy atom. The number of allylic oxidation sites excluding steroid dienone is 3. The van der Waals surface area contributed by atoms with Crippen LogP contribution in [0.15, 0.2) is 85.0 Å². The fourth-order valence-electron chi connectivity index (χ4n) is 4.06. The molecular formula is C24H21NO3. The smallest absolute Gasteiger partial charge is 0.254 e. The SMILES string of the molecule is O=C1C=CC(=O)[C@H]2CC=C[C@@H](N(Cc3ccccc3)C(=O)c3ccccc3)[C@@H]12. The van der Waals surface area contributed by atoms with Crippen LogP contribution in [0.3, 0.4) is 0 Å². The van der Waals surface area contributed by atoms with Crippen molar-refractivity contribution in [2.75, 3.05) is 0 Å². The van der Waals surface area contributed by atoms with Crippen LogP contribution < -0.4 is 0 Å². The zero-order valence-corrected chi connectivity index (χ0v) is 15.4. The van der Waals surface area contributed by atoms with Crippen molar-refractivity contribution in [3.8, 4) is 0 Å². The molecule has 4 nitrogen and oxygen atoms in total. The molecule has 4 heteroatoms. The van der Waals surface area contributed by atoms with Gasteiger partial charge >= 0.3 is 0 Å². The van der Waals surface area contributed by atoms with Crippen LogP contribution in [-0.4, -0.2) is 28.4 Å². The molecule has 3 atom stereocenters. The van der Waals surface area contributed by atoms with Crippen molar-refractivity contribution in [2.45, 2.75) is 19.0 Å². The molecule has 0 saturated heterocycles. The third kappa shape index (κ3) is 3.46. The normalized spacial score (nSPS) is 23.4. The van der Waals surface area contributed by atoms with E-state index in [-0.39, 0.29) is 17.5 Å². The molecule has 140 valence electrons. The first-order valence-electron chi connectivity index (χ1n) is 9.47. The molecule has 2 aromatic carbocycles. The molecule has 28 heavy (non-hydrogen) atoms. The van der Waals surface area contributed by atoms with E-state index in [4.69, 9.17) is 0 Å². The molecule has 0 fully saturated rings. The molecule has 0 spiro atoms. The van der Waals surface area contributed by atoms with Crippen LogP contribution in [0, 0.1) is 11.8 Å². The lowest BCUT2D eigenvalue weighted by Crippen LogP contribution is -2.51. The van der Waals surface area contributed by atoms with Crippen LogP contribution in [0.25, 0.3) is 0 Å². The van der Waals surface area contributed by atoms with E-state index in [0.29, 0.717) is 18.5 Å². The van der Waals surface area contributed by atoms with Gasteiger partial charge in [0.15, 0.2) is 11.6 Å². The molecule has 0 aromatic heterocycles. The summed E-state index contributed by atoms with van der Waals surface area (Å²) < 4.78 is 0. The number of rotatable bonds is 4. The first-order valence-corrected chi connectivity index (χ1v) is 9.47. The van der Waals surface area contributed by atoms with Crippen LogP contribution in [-0.2, 0) is 16.1 Å². The Kier molecular flexibility index (Phi) is 5.02. The van der Waals surface area contributed by atoms with E-state index in [0.717, 1.165) is 5.56 Å². The fraction of sp³-hybridized carbons (Fsp3) is 0.208. The molecule has 0 bridgehead atoms. The maximum Gasteiger partial charge on any atom is 0.254 e. The van der Waals surface area contributed by atoms with E-state index in [1.54, 1.807) is 17.0 Å². The highest BCUT2D eigenvalue weighted by Gasteiger charge is 2.44. The highest BCUT2D eigenvalue weighted by Crippen LogP contribution is 2.35. The highest BCUT2D eigenvalue weighted by atomic mass is 16.2. The quantitative estimate of drug-likeness (QED) is 0.772. The van der Waals surface area contributed by atoms with Crippen molar-refractivity contribution in [3.63, 3.8) is 0 Å². The molecule has 2 aliphatic rings. The standard InChI is InChI=1S/C24H21NO3/c26-21-14-15-22(27)23-19(21)12-7-13-20(23)25(16-17-8-3-1-4-9-17)24(28)18-10-5-2-6-11-18/h1-11,13-15,19-20,23H,12,16H2/t19-,20-,23+/m1/s1. The summed E-state index contributed by atoms with van der Waals surface area (Å²) in [7, 11) is 0. The number of carbonyl (C=O) groups excluding carboxylic acids is 3. The number of hydrogen-bond acceptors (Lipinski definition) is 3. The Labute approximate surface area is 164 Å². The molecule has 0 unspecified atom stereocenters. The summed E-state index contributed by atoms with van der Waals surface area (Å²) >= 11 is 0. The van der Waals surface area contributed by atoms with Gasteiger partial charge in [0, 0.05) is 18.0 Å².